The Kier molecular flexibility index (Phi) is 6.07. The van der Waals surface area contributed by atoms with E-state index in [0.717, 1.165) is 11.3 Å². The number of hydrogen-bond acceptors (Lipinski definition) is 4. The molecule has 0 fully saturated rings. The number of sulfone groups is 1. The summed E-state index contributed by atoms with van der Waals surface area (Å²) < 4.78 is 76.1. The van der Waals surface area contributed by atoms with Crippen molar-refractivity contribution in [3.63, 3.8) is 0 Å². The molecule has 1 aromatic carbocycles. The van der Waals surface area contributed by atoms with E-state index in [1.165, 1.54) is 19.2 Å². The first kappa shape index (κ1) is 21.5. The molecule has 0 spiro atoms. The maximum absolute atomic E-state index is 13.7. The number of halogens is 5. The second-order valence-corrected chi connectivity index (χ2v) is 9.34. The Morgan fingerprint density at radius 2 is 1.85 bits per heavy atom. The van der Waals surface area contributed by atoms with Gasteiger partial charge in [0, 0.05) is 5.38 Å². The topological polar surface area (TPSA) is 75.3 Å². The lowest BCUT2D eigenvalue weighted by molar-refractivity contribution is -0.137. The first-order chi connectivity index (χ1) is 12.3. The van der Waals surface area contributed by atoms with Crippen molar-refractivity contribution < 1.29 is 30.8 Å². The predicted molar refractivity (Wildman–Crippen MR) is 95.7 cm³/mol. The fourth-order valence-electron chi connectivity index (χ4n) is 1.91. The van der Waals surface area contributed by atoms with Gasteiger partial charge in [-0.1, -0.05) is 11.6 Å². The minimum atomic E-state index is -4.71. The molecular formula is C15H13ClF4N2O3S2. The van der Waals surface area contributed by atoms with Crippen molar-refractivity contribution >= 4 is 49.5 Å². The molecule has 1 aromatic heterocycles. The number of alkyl halides is 3. The van der Waals surface area contributed by atoms with E-state index >= 15 is 0 Å². The first-order valence-corrected chi connectivity index (χ1v) is 10.1. The molecule has 0 aliphatic heterocycles. The van der Waals surface area contributed by atoms with Crippen molar-refractivity contribution in [3.8, 4) is 0 Å². The van der Waals surface area contributed by atoms with Gasteiger partial charge in [0.25, 0.3) is 0 Å². The zero-order chi connectivity index (χ0) is 20.6. The molecule has 0 saturated heterocycles. The lowest BCUT2D eigenvalue weighted by Gasteiger charge is -2.11. The Hall–Kier alpha value is -1.85. The van der Waals surface area contributed by atoms with Crippen LogP contribution in [0.4, 0.5) is 33.0 Å². The molecular weight excluding hydrogens is 432 g/mol. The monoisotopic (exact) mass is 444 g/mol. The minimum absolute atomic E-state index is 0.0409. The molecule has 2 rings (SSSR count). The van der Waals surface area contributed by atoms with Crippen LogP contribution in [0.2, 0.25) is 5.02 Å². The van der Waals surface area contributed by atoms with Crippen LogP contribution in [0.15, 0.2) is 28.5 Å². The highest BCUT2D eigenvalue weighted by molar-refractivity contribution is 7.92. The molecule has 12 heteroatoms. The number of carbonyl (C=O) groups excluding carboxylic acids is 1. The average molecular weight is 445 g/mol. The van der Waals surface area contributed by atoms with Crippen LogP contribution in [0.5, 0.6) is 0 Å². The number of urea groups is 1. The number of rotatable bonds is 4. The lowest BCUT2D eigenvalue weighted by atomic mass is 10.2. The van der Waals surface area contributed by atoms with Crippen LogP contribution in [-0.2, 0) is 16.0 Å². The minimum Gasteiger partial charge on any atom is -0.305 e. The Bertz CT molecular complexity index is 972. The molecule has 2 N–H and O–H groups in total. The highest BCUT2D eigenvalue weighted by Gasteiger charge is 2.31. The number of benzene rings is 1. The maximum Gasteiger partial charge on any atom is 0.416 e. The Morgan fingerprint density at radius 3 is 2.41 bits per heavy atom. The Labute approximate surface area is 161 Å². The number of anilines is 2. The molecule has 2 aromatic rings. The molecule has 1 heterocycles. The summed E-state index contributed by atoms with van der Waals surface area (Å²) in [6.07, 6.45) is -4.71. The summed E-state index contributed by atoms with van der Waals surface area (Å²) >= 11 is 6.80. The van der Waals surface area contributed by atoms with E-state index in [0.29, 0.717) is 18.2 Å². The third-order valence-electron chi connectivity index (χ3n) is 3.40. The Morgan fingerprint density at radius 1 is 1.22 bits per heavy atom. The molecule has 0 unspecified atom stereocenters. The van der Waals surface area contributed by atoms with Gasteiger partial charge in [0.1, 0.15) is 10.8 Å². The van der Waals surface area contributed by atoms with Crippen molar-refractivity contribution in [3.05, 3.63) is 40.0 Å². The molecule has 27 heavy (non-hydrogen) atoms. The highest BCUT2D eigenvalue weighted by atomic mass is 35.5. The fourth-order valence-corrected chi connectivity index (χ4v) is 4.85. The largest absolute Gasteiger partial charge is 0.416 e. The van der Waals surface area contributed by atoms with E-state index in [2.05, 4.69) is 5.32 Å². The van der Waals surface area contributed by atoms with Crippen molar-refractivity contribution in [1.29, 1.82) is 0 Å². The Balaban J connectivity index is 2.22. The summed E-state index contributed by atoms with van der Waals surface area (Å²) in [5, 5.41) is 4.36. The molecule has 0 radical (unpaired) electrons. The van der Waals surface area contributed by atoms with E-state index in [1.54, 1.807) is 0 Å². The molecule has 148 valence electrons. The van der Waals surface area contributed by atoms with Crippen LogP contribution in [0.1, 0.15) is 19.4 Å². The third kappa shape index (κ3) is 4.71. The van der Waals surface area contributed by atoms with Crippen molar-refractivity contribution in [2.75, 3.05) is 10.6 Å². The second kappa shape index (κ2) is 7.64. The van der Waals surface area contributed by atoms with E-state index in [1.807, 2.05) is 5.32 Å². The molecule has 0 atom stereocenters. The molecule has 0 saturated carbocycles. The van der Waals surface area contributed by atoms with Gasteiger partial charge in [-0.2, -0.15) is 13.2 Å². The van der Waals surface area contributed by atoms with Crippen LogP contribution in [0.3, 0.4) is 0 Å². The number of thiophene rings is 1. The van der Waals surface area contributed by atoms with E-state index in [-0.39, 0.29) is 14.9 Å². The second-order valence-electron chi connectivity index (χ2n) is 5.61. The van der Waals surface area contributed by atoms with Crippen LogP contribution in [0, 0.1) is 5.82 Å². The predicted octanol–water partition coefficient (Wildman–Crippen LogP) is 5.39. The van der Waals surface area contributed by atoms with Crippen LogP contribution >= 0.6 is 22.9 Å². The number of nitrogens with one attached hydrogen (secondary N) is 2. The number of hydrogen-bond donors (Lipinski definition) is 2. The summed E-state index contributed by atoms with van der Waals surface area (Å²) in [7, 11) is -3.69. The van der Waals surface area contributed by atoms with Gasteiger partial charge in [-0.15, -0.1) is 11.3 Å². The molecule has 0 aliphatic carbocycles. The van der Waals surface area contributed by atoms with Gasteiger partial charge in [-0.05, 0) is 32.0 Å². The van der Waals surface area contributed by atoms with Gasteiger partial charge in [-0.25, -0.2) is 17.6 Å². The highest BCUT2D eigenvalue weighted by Crippen LogP contribution is 2.38. The summed E-state index contributed by atoms with van der Waals surface area (Å²) in [5.41, 5.74) is -1.83. The van der Waals surface area contributed by atoms with Crippen LogP contribution in [0.25, 0.3) is 0 Å². The van der Waals surface area contributed by atoms with E-state index < -0.39 is 44.4 Å². The van der Waals surface area contributed by atoms with Crippen LogP contribution in [-0.4, -0.2) is 19.7 Å². The zero-order valence-electron chi connectivity index (χ0n) is 13.8. The molecule has 2 amide bonds. The van der Waals surface area contributed by atoms with Gasteiger partial charge in [0.05, 0.1) is 26.4 Å². The van der Waals surface area contributed by atoms with Crippen molar-refractivity contribution in [2.45, 2.75) is 30.2 Å². The lowest BCUT2D eigenvalue weighted by Crippen LogP contribution is -2.20. The molecule has 0 bridgehead atoms. The SMILES string of the molecule is CC(C)S(=O)(=O)c1csc(NC(=O)Nc2cc(C(F)(F)F)ccc2F)c1Cl. The summed E-state index contributed by atoms with van der Waals surface area (Å²) in [6, 6.07) is 0.478. The van der Waals surface area contributed by atoms with E-state index in [4.69, 9.17) is 11.6 Å². The van der Waals surface area contributed by atoms with E-state index in [9.17, 15) is 30.8 Å². The smallest absolute Gasteiger partial charge is 0.305 e. The summed E-state index contributed by atoms with van der Waals surface area (Å²) in [5.74, 6) is -1.07. The average Bonchev–Trinajstić information content (AvgIpc) is 2.89. The standard InChI is InChI=1S/C15H13ClF4N2O3S2/c1-7(2)27(24,25)11-6-26-13(12(11)16)22-14(23)21-10-5-8(15(18,19)20)3-4-9(10)17/h3-7H,1-2H3,(H2,21,22,23). The number of carbonyl (C=O) groups is 1. The van der Waals surface area contributed by atoms with Gasteiger partial charge >= 0.3 is 12.2 Å². The quantitative estimate of drug-likeness (QED) is 0.621. The first-order valence-electron chi connectivity index (χ1n) is 7.29. The summed E-state index contributed by atoms with van der Waals surface area (Å²) in [6.45, 7) is 2.92. The molecule has 0 aliphatic rings. The molecule has 5 nitrogen and oxygen atoms in total. The number of amides is 2. The normalized spacial score (nSPS) is 12.3. The summed E-state index contributed by atoms with van der Waals surface area (Å²) in [4.78, 5) is 11.8. The third-order valence-corrected chi connectivity index (χ3v) is 7.23. The van der Waals surface area contributed by atoms with Crippen molar-refractivity contribution in [2.24, 2.45) is 0 Å². The maximum atomic E-state index is 13.7. The van der Waals surface area contributed by atoms with Gasteiger partial charge in [0.2, 0.25) is 0 Å². The van der Waals surface area contributed by atoms with Crippen molar-refractivity contribution in [1.82, 2.24) is 0 Å². The van der Waals surface area contributed by atoms with Gasteiger partial charge in [0.15, 0.2) is 9.84 Å². The van der Waals surface area contributed by atoms with Gasteiger partial charge < -0.3 is 5.32 Å². The fraction of sp³-hybridized carbons (Fsp3) is 0.267. The van der Waals surface area contributed by atoms with Crippen LogP contribution < -0.4 is 10.6 Å². The van der Waals surface area contributed by atoms with Gasteiger partial charge in [-0.3, -0.25) is 5.32 Å². The zero-order valence-corrected chi connectivity index (χ0v) is 16.2.